The summed E-state index contributed by atoms with van der Waals surface area (Å²) in [7, 11) is 0. The van der Waals surface area contributed by atoms with Crippen LogP contribution in [0.4, 0.5) is 14.6 Å². The third-order valence-corrected chi connectivity index (χ3v) is 6.10. The van der Waals surface area contributed by atoms with Crippen molar-refractivity contribution in [3.05, 3.63) is 70.9 Å². The van der Waals surface area contributed by atoms with Gasteiger partial charge in [0, 0.05) is 30.9 Å². The van der Waals surface area contributed by atoms with Crippen molar-refractivity contribution in [1.82, 2.24) is 9.78 Å². The quantitative estimate of drug-likeness (QED) is 0.517. The number of ether oxygens (including phenoxy) is 1. The van der Waals surface area contributed by atoms with Crippen molar-refractivity contribution in [1.29, 1.82) is 0 Å². The van der Waals surface area contributed by atoms with E-state index >= 15 is 8.78 Å². The molecule has 0 fully saturated rings. The van der Waals surface area contributed by atoms with Crippen LogP contribution in [0.5, 0.6) is 5.75 Å². The summed E-state index contributed by atoms with van der Waals surface area (Å²) in [5, 5.41) is 7.95. The largest absolute Gasteiger partial charge is 0.486 e. The summed E-state index contributed by atoms with van der Waals surface area (Å²) in [6, 6.07) is 10.3. The molecule has 3 heterocycles. The summed E-state index contributed by atoms with van der Waals surface area (Å²) >= 11 is 0. The molecule has 0 unspecified atom stereocenters. The molecule has 1 N–H and O–H groups in total. The maximum Gasteiger partial charge on any atom is 0.165 e. The Balaban J connectivity index is 1.45. The first kappa shape index (κ1) is 21.4. The maximum atomic E-state index is 15.3. The first-order chi connectivity index (χ1) is 16.0. The lowest BCUT2D eigenvalue weighted by Gasteiger charge is -2.13. The van der Waals surface area contributed by atoms with E-state index in [0.717, 1.165) is 17.2 Å². The van der Waals surface area contributed by atoms with E-state index in [-0.39, 0.29) is 17.9 Å². The van der Waals surface area contributed by atoms with E-state index in [2.05, 4.69) is 29.3 Å². The van der Waals surface area contributed by atoms with E-state index < -0.39 is 11.6 Å². The van der Waals surface area contributed by atoms with Gasteiger partial charge in [0.1, 0.15) is 18.2 Å². The van der Waals surface area contributed by atoms with E-state index in [1.165, 1.54) is 11.6 Å². The highest BCUT2D eigenvalue weighted by Crippen LogP contribution is 2.41. The second-order valence-corrected chi connectivity index (χ2v) is 8.67. The lowest BCUT2D eigenvalue weighted by molar-refractivity contribution is 0.288. The molecule has 0 radical (unpaired) electrons. The van der Waals surface area contributed by atoms with Crippen LogP contribution in [0.2, 0.25) is 0 Å². The van der Waals surface area contributed by atoms with Gasteiger partial charge in [-0.05, 0) is 41.2 Å². The van der Waals surface area contributed by atoms with Crippen molar-refractivity contribution in [3.8, 4) is 16.9 Å². The van der Waals surface area contributed by atoms with Crippen molar-refractivity contribution < 1.29 is 13.5 Å². The second kappa shape index (κ2) is 8.81. The van der Waals surface area contributed by atoms with Crippen LogP contribution in [0.15, 0.2) is 47.5 Å². The summed E-state index contributed by atoms with van der Waals surface area (Å²) in [6.07, 6.45) is 4.34. The van der Waals surface area contributed by atoms with Crippen LogP contribution >= 0.6 is 0 Å². The van der Waals surface area contributed by atoms with Crippen molar-refractivity contribution in [2.45, 2.75) is 39.3 Å². The number of nitrogens with one attached hydrogen (secondary N) is 1. The number of nitrogens with zero attached hydrogens (tertiary/aromatic N) is 3. The molecule has 33 heavy (non-hydrogen) atoms. The molecule has 0 atom stereocenters. The van der Waals surface area contributed by atoms with E-state index in [9.17, 15) is 0 Å². The number of dihydropyridines is 1. The number of benzene rings is 2. The van der Waals surface area contributed by atoms with E-state index in [0.29, 0.717) is 49.0 Å². The number of fused-ring (bicyclic) bond motifs is 1. The first-order valence-corrected chi connectivity index (χ1v) is 11.3. The average Bonchev–Trinajstić information content (AvgIpc) is 3.42. The molecule has 0 amide bonds. The lowest BCUT2D eigenvalue weighted by Crippen LogP contribution is -2.03. The molecule has 0 saturated carbocycles. The normalized spacial score (nSPS) is 14.9. The molecule has 1 aromatic heterocycles. The number of rotatable bonds is 6. The summed E-state index contributed by atoms with van der Waals surface area (Å²) in [4.78, 5) is 4.22. The summed E-state index contributed by atoms with van der Waals surface area (Å²) in [5.41, 5.74) is 4.51. The average molecular weight is 449 g/mol. The van der Waals surface area contributed by atoms with Gasteiger partial charge in [0.2, 0.25) is 0 Å². The highest BCUT2D eigenvalue weighted by atomic mass is 19.1. The Morgan fingerprint density at radius 1 is 1.12 bits per heavy atom. The predicted octanol–water partition coefficient (Wildman–Crippen LogP) is 5.81. The predicted molar refractivity (Wildman–Crippen MR) is 127 cm³/mol. The second-order valence-electron chi connectivity index (χ2n) is 8.67. The minimum Gasteiger partial charge on any atom is -0.486 e. The van der Waals surface area contributed by atoms with Gasteiger partial charge in [-0.15, -0.1) is 0 Å². The fourth-order valence-corrected chi connectivity index (χ4v) is 4.24. The third kappa shape index (κ3) is 4.15. The molecule has 0 aliphatic carbocycles. The highest BCUT2D eigenvalue weighted by Gasteiger charge is 2.28. The molecule has 2 aliphatic heterocycles. The number of anilines is 1. The van der Waals surface area contributed by atoms with Gasteiger partial charge in [0.25, 0.3) is 0 Å². The molecule has 3 aromatic rings. The third-order valence-electron chi connectivity index (χ3n) is 6.10. The van der Waals surface area contributed by atoms with Crippen molar-refractivity contribution >= 4 is 17.6 Å². The number of aliphatic imine (C=N–C) groups is 1. The number of halogens is 2. The van der Waals surface area contributed by atoms with Crippen LogP contribution in [-0.4, -0.2) is 29.1 Å². The topological polar surface area (TPSA) is 51.4 Å². The molecule has 2 aromatic carbocycles. The minimum atomic E-state index is -0.603. The number of aromatic nitrogens is 2. The van der Waals surface area contributed by atoms with Crippen LogP contribution in [0.3, 0.4) is 0 Å². The lowest BCUT2D eigenvalue weighted by atomic mass is 9.97. The molecule has 0 saturated heterocycles. The van der Waals surface area contributed by atoms with Crippen molar-refractivity contribution in [3.63, 3.8) is 0 Å². The van der Waals surface area contributed by atoms with Crippen LogP contribution in [0.1, 0.15) is 43.0 Å². The van der Waals surface area contributed by atoms with Crippen LogP contribution < -0.4 is 10.1 Å². The standard InChI is InChI=1S/C26H26F2N4O/c1-16(2)18-5-3-17(4-6-18)15-33-23-14-21(27)20(13-22(23)28)24-25(19-7-9-29-10-8-19)31-32-12-11-30-26(24)32/h3-7,9,13-14,16,30H,8,10-12,15H2,1-2H3. The zero-order valence-electron chi connectivity index (χ0n) is 18.7. The highest BCUT2D eigenvalue weighted by molar-refractivity contribution is 5.93. The Kier molecular flexibility index (Phi) is 5.70. The Morgan fingerprint density at radius 2 is 1.94 bits per heavy atom. The first-order valence-electron chi connectivity index (χ1n) is 11.3. The van der Waals surface area contributed by atoms with Gasteiger partial charge in [-0.3, -0.25) is 4.99 Å². The number of hydrogen-bond acceptors (Lipinski definition) is 4. The number of allylic oxidation sites excluding steroid dienone is 1. The molecule has 0 spiro atoms. The Hall–Kier alpha value is -3.48. The zero-order chi connectivity index (χ0) is 22.9. The minimum absolute atomic E-state index is 0.105. The fourth-order valence-electron chi connectivity index (χ4n) is 4.24. The molecule has 5 nitrogen and oxygen atoms in total. The van der Waals surface area contributed by atoms with Crippen LogP contribution in [0, 0.1) is 11.6 Å². The molecular weight excluding hydrogens is 422 g/mol. The smallest absolute Gasteiger partial charge is 0.165 e. The maximum absolute atomic E-state index is 15.3. The molecule has 5 rings (SSSR count). The van der Waals surface area contributed by atoms with Crippen molar-refractivity contribution in [2.75, 3.05) is 18.4 Å². The monoisotopic (exact) mass is 448 g/mol. The van der Waals surface area contributed by atoms with Gasteiger partial charge in [-0.1, -0.05) is 38.1 Å². The summed E-state index contributed by atoms with van der Waals surface area (Å²) in [5.74, 6) is -0.108. The van der Waals surface area contributed by atoms with Crippen molar-refractivity contribution in [2.24, 2.45) is 4.99 Å². The number of hydrogen-bond donors (Lipinski definition) is 1. The van der Waals surface area contributed by atoms with Crippen LogP contribution in [-0.2, 0) is 13.2 Å². The summed E-state index contributed by atoms with van der Waals surface area (Å²) < 4.78 is 37.8. The molecule has 2 aliphatic rings. The zero-order valence-corrected chi connectivity index (χ0v) is 18.7. The Bertz CT molecular complexity index is 1240. The molecule has 170 valence electrons. The molecule has 7 heteroatoms. The Morgan fingerprint density at radius 3 is 2.67 bits per heavy atom. The van der Waals surface area contributed by atoms with Gasteiger partial charge in [0.05, 0.1) is 17.8 Å². The molecular formula is C26H26F2N4O. The van der Waals surface area contributed by atoms with Gasteiger partial charge < -0.3 is 10.1 Å². The van der Waals surface area contributed by atoms with E-state index in [1.54, 1.807) is 6.21 Å². The van der Waals surface area contributed by atoms with Gasteiger partial charge in [-0.2, -0.15) is 5.10 Å². The van der Waals surface area contributed by atoms with Gasteiger partial charge >= 0.3 is 0 Å². The van der Waals surface area contributed by atoms with Crippen LogP contribution in [0.25, 0.3) is 16.7 Å². The van der Waals surface area contributed by atoms with Gasteiger partial charge in [0.15, 0.2) is 11.6 Å². The Labute approximate surface area is 191 Å². The molecule has 0 bridgehead atoms. The van der Waals surface area contributed by atoms with E-state index in [1.807, 2.05) is 35.0 Å². The summed E-state index contributed by atoms with van der Waals surface area (Å²) in [6.45, 7) is 6.46. The van der Waals surface area contributed by atoms with E-state index in [4.69, 9.17) is 4.74 Å². The SMILES string of the molecule is CC(C)c1ccc(COc2cc(F)c(-c3c(C4=CC=NCC4)nn4c3NCC4)cc2F)cc1. The fraction of sp³-hybridized carbons (Fsp3) is 0.308. The van der Waals surface area contributed by atoms with Gasteiger partial charge in [-0.25, -0.2) is 13.5 Å².